The molecule has 0 saturated heterocycles. The third-order valence-corrected chi connectivity index (χ3v) is 4.92. The van der Waals surface area contributed by atoms with Crippen LogP contribution < -0.4 is 4.74 Å². The fourth-order valence-electron chi connectivity index (χ4n) is 3.26. The number of ether oxygens (including phenoxy) is 1. The number of H-pyrrole nitrogens is 1. The summed E-state index contributed by atoms with van der Waals surface area (Å²) in [6, 6.07) is 9.08. The van der Waals surface area contributed by atoms with E-state index in [-0.39, 0.29) is 22.9 Å². The number of halogens is 4. The van der Waals surface area contributed by atoms with Crippen LogP contribution in [0.4, 0.5) is 13.2 Å². The molecule has 3 aromatic rings. The van der Waals surface area contributed by atoms with Gasteiger partial charge in [-0.2, -0.15) is 23.5 Å². The van der Waals surface area contributed by atoms with Crippen LogP contribution in [0.5, 0.6) is 5.75 Å². The molecule has 31 heavy (non-hydrogen) atoms. The lowest BCUT2D eigenvalue weighted by Crippen LogP contribution is -2.50. The number of nitrogens with one attached hydrogen (secondary N) is 1. The summed E-state index contributed by atoms with van der Waals surface area (Å²) in [6.45, 7) is -0.0546. The van der Waals surface area contributed by atoms with Gasteiger partial charge in [0.05, 0.1) is 23.9 Å². The molecule has 1 amide bonds. The van der Waals surface area contributed by atoms with Crippen LogP contribution >= 0.6 is 11.6 Å². The zero-order valence-electron chi connectivity index (χ0n) is 15.6. The Morgan fingerprint density at radius 2 is 2.13 bits per heavy atom. The first-order chi connectivity index (χ1) is 14.8. The highest BCUT2D eigenvalue weighted by atomic mass is 35.5. The molecule has 0 aliphatic carbocycles. The smallest absolute Gasteiger partial charge is 0.399 e. The molecule has 11 heteroatoms. The molecule has 1 aliphatic heterocycles. The van der Waals surface area contributed by atoms with E-state index in [2.05, 4.69) is 15.2 Å². The average molecular weight is 448 g/mol. The number of rotatable bonds is 4. The van der Waals surface area contributed by atoms with Crippen molar-refractivity contribution in [3.05, 3.63) is 65.1 Å². The monoisotopic (exact) mass is 447 g/mol. The maximum Gasteiger partial charge on any atom is 0.399 e. The number of aromatic amines is 1. The first kappa shape index (κ1) is 20.7. The van der Waals surface area contributed by atoms with Gasteiger partial charge >= 0.3 is 6.18 Å². The lowest BCUT2D eigenvalue weighted by molar-refractivity contribution is -0.190. The number of fused-ring (bicyclic) bond motifs is 1. The van der Waals surface area contributed by atoms with Crippen molar-refractivity contribution >= 4 is 28.5 Å². The fourth-order valence-corrected chi connectivity index (χ4v) is 3.48. The quantitative estimate of drug-likeness (QED) is 0.653. The molecule has 0 saturated carbocycles. The number of amides is 1. The second-order valence-electron chi connectivity index (χ2n) is 6.78. The molecule has 1 N–H and O–H groups in total. The van der Waals surface area contributed by atoms with Crippen LogP contribution in [0.15, 0.2) is 48.8 Å². The van der Waals surface area contributed by atoms with E-state index in [9.17, 15) is 18.0 Å². The zero-order valence-corrected chi connectivity index (χ0v) is 16.4. The van der Waals surface area contributed by atoms with E-state index in [0.29, 0.717) is 16.7 Å². The molecule has 0 bridgehead atoms. The van der Waals surface area contributed by atoms with Crippen molar-refractivity contribution in [2.45, 2.75) is 18.8 Å². The highest BCUT2D eigenvalue weighted by Crippen LogP contribution is 2.36. The summed E-state index contributed by atoms with van der Waals surface area (Å²) >= 11 is 5.91. The lowest BCUT2D eigenvalue weighted by Gasteiger charge is -2.34. The predicted molar refractivity (Wildman–Crippen MR) is 104 cm³/mol. The van der Waals surface area contributed by atoms with Gasteiger partial charge in [-0.15, -0.1) is 0 Å². The number of alkyl halides is 3. The zero-order chi connectivity index (χ0) is 22.2. The van der Waals surface area contributed by atoms with Gasteiger partial charge in [-0.1, -0.05) is 17.7 Å². The Hall–Kier alpha value is -3.58. The van der Waals surface area contributed by atoms with Gasteiger partial charge in [-0.25, -0.2) is 4.98 Å². The Labute approximate surface area is 178 Å². The Morgan fingerprint density at radius 1 is 1.32 bits per heavy atom. The van der Waals surface area contributed by atoms with E-state index in [1.165, 1.54) is 18.2 Å². The van der Waals surface area contributed by atoms with E-state index in [1.807, 2.05) is 6.07 Å². The molecule has 2 aromatic heterocycles. The fraction of sp³-hybridized carbons (Fsp3) is 0.200. The largest absolute Gasteiger partial charge is 0.479 e. The summed E-state index contributed by atoms with van der Waals surface area (Å²) in [6.07, 6.45) is -3.09. The summed E-state index contributed by atoms with van der Waals surface area (Å²) < 4.78 is 46.2. The second-order valence-corrected chi connectivity index (χ2v) is 7.21. The maximum atomic E-state index is 13.6. The molecule has 1 aromatic carbocycles. The van der Waals surface area contributed by atoms with Crippen molar-refractivity contribution in [3.8, 4) is 11.8 Å². The van der Waals surface area contributed by atoms with Crippen molar-refractivity contribution < 1.29 is 22.7 Å². The molecule has 0 radical (unpaired) electrons. The molecule has 2 unspecified atom stereocenters. The molecule has 158 valence electrons. The molecule has 2 atom stereocenters. The summed E-state index contributed by atoms with van der Waals surface area (Å²) in [5.41, 5.74) is 1.04. The number of nitrogens with zero attached hydrogens (tertiary/aromatic N) is 4. The van der Waals surface area contributed by atoms with Gasteiger partial charge in [0.1, 0.15) is 11.7 Å². The maximum absolute atomic E-state index is 13.6. The second kappa shape index (κ2) is 7.92. The molecular weight excluding hydrogens is 435 g/mol. The van der Waals surface area contributed by atoms with Crippen LogP contribution in [0.1, 0.15) is 11.3 Å². The Morgan fingerprint density at radius 3 is 2.87 bits per heavy atom. The number of hydrogen-bond acceptors (Lipinski definition) is 5. The molecule has 1 aliphatic rings. The molecule has 0 fully saturated rings. The van der Waals surface area contributed by atoms with Crippen LogP contribution in [-0.2, 0) is 11.3 Å². The SMILES string of the molecule is N#Cc1cc(Cl)cc(OC2C(=O)N(Cc3[nH]nc4ncccc34)C=CC2C(F)(F)F)c1. The minimum absolute atomic E-state index is 0.0546. The lowest BCUT2D eigenvalue weighted by atomic mass is 9.97. The van der Waals surface area contributed by atoms with Crippen molar-refractivity contribution in [2.75, 3.05) is 0 Å². The molecular formula is C20H13ClF3N5O2. The predicted octanol–water partition coefficient (Wildman–Crippen LogP) is 3.96. The summed E-state index contributed by atoms with van der Waals surface area (Å²) in [7, 11) is 0. The average Bonchev–Trinajstić information content (AvgIpc) is 3.12. The number of carbonyl (C=O) groups excluding carboxylic acids is 1. The van der Waals surface area contributed by atoms with Gasteiger partial charge in [-0.05, 0) is 30.3 Å². The number of hydrogen-bond donors (Lipinski definition) is 1. The number of aromatic nitrogens is 3. The Bertz CT molecular complexity index is 1220. The van der Waals surface area contributed by atoms with E-state index < -0.39 is 24.1 Å². The molecule has 3 heterocycles. The first-order valence-corrected chi connectivity index (χ1v) is 9.35. The molecule has 4 rings (SSSR count). The van der Waals surface area contributed by atoms with Crippen molar-refractivity contribution in [3.63, 3.8) is 0 Å². The van der Waals surface area contributed by atoms with E-state index in [4.69, 9.17) is 21.6 Å². The minimum atomic E-state index is -4.72. The Balaban J connectivity index is 1.65. The van der Waals surface area contributed by atoms with Crippen molar-refractivity contribution in [1.29, 1.82) is 5.26 Å². The van der Waals surface area contributed by atoms with Crippen LogP contribution in [0, 0.1) is 17.2 Å². The normalized spacial score (nSPS) is 18.9. The highest BCUT2D eigenvalue weighted by Gasteiger charge is 2.50. The van der Waals surface area contributed by atoms with Gasteiger partial charge in [0, 0.05) is 22.8 Å². The number of carbonyl (C=O) groups is 1. The van der Waals surface area contributed by atoms with Gasteiger partial charge in [0.15, 0.2) is 11.8 Å². The van der Waals surface area contributed by atoms with E-state index in [1.54, 1.807) is 18.3 Å². The van der Waals surface area contributed by atoms with Crippen molar-refractivity contribution in [2.24, 2.45) is 5.92 Å². The number of pyridine rings is 1. The van der Waals surface area contributed by atoms with Crippen LogP contribution in [0.3, 0.4) is 0 Å². The van der Waals surface area contributed by atoms with Crippen LogP contribution in [0.25, 0.3) is 11.0 Å². The third-order valence-electron chi connectivity index (χ3n) is 4.70. The van der Waals surface area contributed by atoms with Gasteiger partial charge in [0.25, 0.3) is 5.91 Å². The molecule has 0 spiro atoms. The van der Waals surface area contributed by atoms with Gasteiger partial charge < -0.3 is 9.64 Å². The third kappa shape index (κ3) is 4.18. The number of benzene rings is 1. The van der Waals surface area contributed by atoms with Crippen LogP contribution in [0.2, 0.25) is 5.02 Å². The topological polar surface area (TPSA) is 94.9 Å². The standard InChI is InChI=1S/C20H13ClF3N5O2/c21-12-6-11(9-25)7-13(8-12)31-17-15(20(22,23)24)3-5-29(19(17)30)10-16-14-2-1-4-26-18(14)28-27-16/h1-8,15,17H,10H2,(H,26,27,28). The van der Waals surface area contributed by atoms with Crippen molar-refractivity contribution in [1.82, 2.24) is 20.1 Å². The summed E-state index contributed by atoms with van der Waals surface area (Å²) in [5.74, 6) is -3.17. The Kier molecular flexibility index (Phi) is 5.29. The van der Waals surface area contributed by atoms with Gasteiger partial charge in [0.2, 0.25) is 0 Å². The van der Waals surface area contributed by atoms with E-state index in [0.717, 1.165) is 17.2 Å². The first-order valence-electron chi connectivity index (χ1n) is 8.97. The summed E-state index contributed by atoms with van der Waals surface area (Å²) in [5, 5.41) is 16.6. The van der Waals surface area contributed by atoms with E-state index >= 15 is 0 Å². The van der Waals surface area contributed by atoms with Gasteiger partial charge in [-0.3, -0.25) is 9.89 Å². The molecule has 7 nitrogen and oxygen atoms in total. The minimum Gasteiger partial charge on any atom is -0.479 e. The number of nitriles is 1. The summed E-state index contributed by atoms with van der Waals surface area (Å²) in [4.78, 5) is 18.2. The van der Waals surface area contributed by atoms with Crippen LogP contribution in [-0.4, -0.2) is 38.3 Å². The highest BCUT2D eigenvalue weighted by molar-refractivity contribution is 6.30.